The van der Waals surface area contributed by atoms with E-state index in [2.05, 4.69) is 0 Å². The molecule has 2 aromatic rings. The third kappa shape index (κ3) is 1.15. The van der Waals surface area contributed by atoms with Crippen LogP contribution in [0.2, 0.25) is 0 Å². The fraction of sp³-hybridized carbons (Fsp3) is 0. The van der Waals surface area contributed by atoms with Gasteiger partial charge in [0.1, 0.15) is 16.7 Å². The number of phenolic OH excluding ortho intramolecular Hbond substituents is 1. The second-order valence-corrected chi connectivity index (χ2v) is 3.81. The van der Waals surface area contributed by atoms with Gasteiger partial charge >= 0.3 is 0 Å². The summed E-state index contributed by atoms with van der Waals surface area (Å²) in [6, 6.07) is 6.57. The minimum absolute atomic E-state index is 0.100. The molecule has 0 aliphatic heterocycles. The molecule has 4 heteroatoms. The van der Waals surface area contributed by atoms with Gasteiger partial charge in [0.2, 0.25) is 0 Å². The van der Waals surface area contributed by atoms with E-state index < -0.39 is 0 Å². The first-order valence-electron chi connectivity index (χ1n) is 3.87. The molecule has 0 fully saturated rings. The van der Waals surface area contributed by atoms with Crippen molar-refractivity contribution >= 4 is 27.7 Å². The van der Waals surface area contributed by atoms with Gasteiger partial charge in [0.15, 0.2) is 6.29 Å². The standard InChI is InChI=1S/C10H5NO2S/c11-4-7-3-8-9(13)2-1-6(5-12)10(8)14-7/h1-3,5,13H. The van der Waals surface area contributed by atoms with E-state index in [1.807, 2.05) is 6.07 Å². The molecule has 1 aromatic heterocycles. The highest BCUT2D eigenvalue weighted by molar-refractivity contribution is 7.20. The molecule has 3 nitrogen and oxygen atoms in total. The van der Waals surface area contributed by atoms with Gasteiger partial charge < -0.3 is 5.11 Å². The van der Waals surface area contributed by atoms with Crippen LogP contribution in [-0.2, 0) is 0 Å². The Labute approximate surface area is 83.8 Å². The van der Waals surface area contributed by atoms with Crippen LogP contribution in [0.1, 0.15) is 15.2 Å². The van der Waals surface area contributed by atoms with Gasteiger partial charge in [-0.2, -0.15) is 5.26 Å². The van der Waals surface area contributed by atoms with Crippen LogP contribution in [0.4, 0.5) is 0 Å². The van der Waals surface area contributed by atoms with Crippen LogP contribution < -0.4 is 0 Å². The zero-order chi connectivity index (χ0) is 10.1. The van der Waals surface area contributed by atoms with E-state index in [1.54, 1.807) is 12.1 Å². The van der Waals surface area contributed by atoms with Crippen molar-refractivity contribution in [2.45, 2.75) is 0 Å². The maximum Gasteiger partial charge on any atom is 0.151 e. The Morgan fingerprint density at radius 2 is 2.29 bits per heavy atom. The van der Waals surface area contributed by atoms with E-state index in [1.165, 1.54) is 17.4 Å². The maximum absolute atomic E-state index is 10.7. The Balaban J connectivity index is 2.89. The molecule has 1 aromatic carbocycles. The van der Waals surface area contributed by atoms with Crippen LogP contribution in [0.15, 0.2) is 18.2 Å². The van der Waals surface area contributed by atoms with E-state index in [0.29, 0.717) is 20.5 Å². The van der Waals surface area contributed by atoms with Gasteiger partial charge in [0.05, 0.1) is 0 Å². The number of aromatic hydroxyl groups is 1. The molecule has 0 bridgehead atoms. The highest BCUT2D eigenvalue weighted by Crippen LogP contribution is 2.33. The Morgan fingerprint density at radius 1 is 1.50 bits per heavy atom. The summed E-state index contributed by atoms with van der Waals surface area (Å²) in [4.78, 5) is 11.2. The third-order valence-corrected chi connectivity index (χ3v) is 3.02. The van der Waals surface area contributed by atoms with Gasteiger partial charge in [-0.3, -0.25) is 4.79 Å². The van der Waals surface area contributed by atoms with Crippen molar-refractivity contribution in [3.63, 3.8) is 0 Å². The summed E-state index contributed by atoms with van der Waals surface area (Å²) in [6.45, 7) is 0. The largest absolute Gasteiger partial charge is 0.507 e. The van der Waals surface area contributed by atoms with E-state index >= 15 is 0 Å². The number of nitrogens with zero attached hydrogens (tertiary/aromatic N) is 1. The lowest BCUT2D eigenvalue weighted by Gasteiger charge is -1.95. The van der Waals surface area contributed by atoms with Gasteiger partial charge in [-0.15, -0.1) is 11.3 Å². The second-order valence-electron chi connectivity index (χ2n) is 2.76. The number of aldehydes is 1. The summed E-state index contributed by atoms with van der Waals surface area (Å²) in [5.74, 6) is 0.100. The Hall–Kier alpha value is -1.86. The minimum atomic E-state index is 0.100. The monoisotopic (exact) mass is 203 g/mol. The first-order valence-corrected chi connectivity index (χ1v) is 4.68. The van der Waals surface area contributed by atoms with Gasteiger partial charge in [-0.05, 0) is 18.2 Å². The topological polar surface area (TPSA) is 61.1 Å². The van der Waals surface area contributed by atoms with Crippen molar-refractivity contribution in [2.24, 2.45) is 0 Å². The first kappa shape index (κ1) is 8.73. The summed E-state index contributed by atoms with van der Waals surface area (Å²) in [5.41, 5.74) is 0.504. The molecule has 0 unspecified atom stereocenters. The second kappa shape index (κ2) is 3.13. The molecule has 68 valence electrons. The molecule has 0 spiro atoms. The Bertz CT molecular complexity index is 551. The molecule has 2 rings (SSSR count). The molecular formula is C10H5NO2S. The van der Waals surface area contributed by atoms with Crippen LogP contribution >= 0.6 is 11.3 Å². The number of carbonyl (C=O) groups is 1. The van der Waals surface area contributed by atoms with Crippen LogP contribution in [0.3, 0.4) is 0 Å². The molecule has 0 saturated heterocycles. The number of fused-ring (bicyclic) bond motifs is 1. The van der Waals surface area contributed by atoms with Crippen LogP contribution in [-0.4, -0.2) is 11.4 Å². The van der Waals surface area contributed by atoms with Crippen LogP contribution in [0, 0.1) is 11.3 Å². The zero-order valence-corrected chi connectivity index (χ0v) is 7.84. The highest BCUT2D eigenvalue weighted by atomic mass is 32.1. The van der Waals surface area contributed by atoms with Crippen molar-refractivity contribution < 1.29 is 9.90 Å². The lowest BCUT2D eigenvalue weighted by Crippen LogP contribution is -1.78. The average molecular weight is 203 g/mol. The minimum Gasteiger partial charge on any atom is -0.507 e. The summed E-state index contributed by atoms with van der Waals surface area (Å²) < 4.78 is 0.663. The SMILES string of the molecule is N#Cc1cc2c(O)ccc(C=O)c2s1. The summed E-state index contributed by atoms with van der Waals surface area (Å²) in [6.07, 6.45) is 0.722. The summed E-state index contributed by atoms with van der Waals surface area (Å²) >= 11 is 1.21. The van der Waals surface area contributed by atoms with E-state index in [-0.39, 0.29) is 5.75 Å². The normalized spacial score (nSPS) is 9.93. The maximum atomic E-state index is 10.7. The lowest BCUT2D eigenvalue weighted by molar-refractivity contribution is 0.112. The smallest absolute Gasteiger partial charge is 0.151 e. The molecule has 0 aliphatic carbocycles. The van der Waals surface area contributed by atoms with Crippen LogP contribution in [0.25, 0.3) is 10.1 Å². The molecule has 0 saturated carbocycles. The third-order valence-electron chi connectivity index (χ3n) is 1.93. The number of hydrogen-bond acceptors (Lipinski definition) is 4. The van der Waals surface area contributed by atoms with Gasteiger partial charge in [0.25, 0.3) is 0 Å². The van der Waals surface area contributed by atoms with Crippen molar-refractivity contribution in [3.05, 3.63) is 28.6 Å². The van der Waals surface area contributed by atoms with Crippen LogP contribution in [0.5, 0.6) is 5.75 Å². The quantitative estimate of drug-likeness (QED) is 0.723. The fourth-order valence-electron chi connectivity index (χ4n) is 1.28. The van der Waals surface area contributed by atoms with Crippen molar-refractivity contribution in [3.8, 4) is 11.8 Å². The highest BCUT2D eigenvalue weighted by Gasteiger charge is 2.09. The number of benzene rings is 1. The van der Waals surface area contributed by atoms with Gasteiger partial charge in [-0.25, -0.2) is 0 Å². The van der Waals surface area contributed by atoms with Crippen molar-refractivity contribution in [1.29, 1.82) is 5.26 Å². The molecule has 0 amide bonds. The molecule has 0 atom stereocenters. The van der Waals surface area contributed by atoms with E-state index in [9.17, 15) is 9.90 Å². The number of thiophene rings is 1. The lowest BCUT2D eigenvalue weighted by atomic mass is 10.1. The molecular weight excluding hydrogens is 198 g/mol. The van der Waals surface area contributed by atoms with Crippen molar-refractivity contribution in [1.82, 2.24) is 0 Å². The Morgan fingerprint density at radius 3 is 2.93 bits per heavy atom. The molecule has 0 aliphatic rings. The first-order chi connectivity index (χ1) is 6.76. The molecule has 1 heterocycles. The van der Waals surface area contributed by atoms with E-state index in [0.717, 1.165) is 6.29 Å². The predicted molar refractivity (Wildman–Crippen MR) is 53.6 cm³/mol. The summed E-state index contributed by atoms with van der Waals surface area (Å²) in [5, 5.41) is 18.7. The van der Waals surface area contributed by atoms with E-state index in [4.69, 9.17) is 5.26 Å². The molecule has 14 heavy (non-hydrogen) atoms. The molecule has 1 N–H and O–H groups in total. The number of nitriles is 1. The van der Waals surface area contributed by atoms with Gasteiger partial charge in [0, 0.05) is 15.6 Å². The number of hydrogen-bond donors (Lipinski definition) is 1. The number of carbonyl (C=O) groups excluding carboxylic acids is 1. The average Bonchev–Trinajstić information content (AvgIpc) is 2.63. The van der Waals surface area contributed by atoms with Crippen molar-refractivity contribution in [2.75, 3.05) is 0 Å². The summed E-state index contributed by atoms with van der Waals surface area (Å²) in [7, 11) is 0. The predicted octanol–water partition coefficient (Wildman–Crippen LogP) is 2.29. The number of rotatable bonds is 1. The number of phenols is 1. The molecule has 0 radical (unpaired) electrons. The Kier molecular flexibility index (Phi) is 1.95. The van der Waals surface area contributed by atoms with Gasteiger partial charge in [-0.1, -0.05) is 0 Å². The zero-order valence-electron chi connectivity index (χ0n) is 7.02. The fourth-order valence-corrected chi connectivity index (χ4v) is 2.23.